The first-order chi connectivity index (χ1) is 8.70. The van der Waals surface area contributed by atoms with Gasteiger partial charge in [0.25, 0.3) is 0 Å². The van der Waals surface area contributed by atoms with E-state index < -0.39 is 0 Å². The molecule has 18 heavy (non-hydrogen) atoms. The van der Waals surface area contributed by atoms with E-state index in [0.29, 0.717) is 12.5 Å². The minimum atomic E-state index is -0.0631. The molecule has 2 aromatic rings. The molecule has 2 atom stereocenters. The van der Waals surface area contributed by atoms with Crippen molar-refractivity contribution in [1.29, 1.82) is 0 Å². The SMILES string of the molecule is CCOC(=O)[C@@H]1C[C@H]1c1c[nH]c2ccc(Br)cc12. The van der Waals surface area contributed by atoms with Gasteiger partial charge in [0.15, 0.2) is 0 Å². The molecule has 4 heteroatoms. The number of aromatic amines is 1. The molecule has 0 bridgehead atoms. The highest BCUT2D eigenvalue weighted by Gasteiger charge is 2.46. The molecular weight excluding hydrogens is 294 g/mol. The van der Waals surface area contributed by atoms with Crippen LogP contribution in [-0.4, -0.2) is 17.6 Å². The third kappa shape index (κ3) is 1.94. The number of ether oxygens (including phenoxy) is 1. The van der Waals surface area contributed by atoms with Crippen molar-refractivity contribution in [3.63, 3.8) is 0 Å². The Morgan fingerprint density at radius 1 is 1.56 bits per heavy atom. The Bertz CT molecular complexity index is 605. The van der Waals surface area contributed by atoms with E-state index in [1.807, 2.05) is 25.3 Å². The van der Waals surface area contributed by atoms with Crippen molar-refractivity contribution in [2.45, 2.75) is 19.3 Å². The van der Waals surface area contributed by atoms with Gasteiger partial charge in [-0.25, -0.2) is 0 Å². The maximum atomic E-state index is 11.7. The molecule has 0 unspecified atom stereocenters. The summed E-state index contributed by atoms with van der Waals surface area (Å²) < 4.78 is 6.13. The minimum Gasteiger partial charge on any atom is -0.466 e. The van der Waals surface area contributed by atoms with Gasteiger partial charge in [-0.3, -0.25) is 4.79 Å². The van der Waals surface area contributed by atoms with Gasteiger partial charge in [-0.15, -0.1) is 0 Å². The van der Waals surface area contributed by atoms with Crippen LogP contribution in [0.3, 0.4) is 0 Å². The monoisotopic (exact) mass is 307 g/mol. The number of hydrogen-bond donors (Lipinski definition) is 1. The summed E-state index contributed by atoms with van der Waals surface area (Å²) in [6.45, 7) is 2.31. The van der Waals surface area contributed by atoms with Crippen LogP contribution in [0.4, 0.5) is 0 Å². The van der Waals surface area contributed by atoms with Crippen molar-refractivity contribution in [3.05, 3.63) is 34.4 Å². The van der Waals surface area contributed by atoms with Gasteiger partial charge in [0.05, 0.1) is 12.5 Å². The Balaban J connectivity index is 1.88. The van der Waals surface area contributed by atoms with Gasteiger partial charge in [0, 0.05) is 27.5 Å². The lowest BCUT2D eigenvalue weighted by Crippen LogP contribution is -2.07. The summed E-state index contributed by atoms with van der Waals surface area (Å²) in [5, 5.41) is 1.20. The predicted molar refractivity (Wildman–Crippen MR) is 73.5 cm³/mol. The first kappa shape index (κ1) is 11.8. The first-order valence-electron chi connectivity index (χ1n) is 6.14. The van der Waals surface area contributed by atoms with Crippen LogP contribution in [0, 0.1) is 5.92 Å². The van der Waals surface area contributed by atoms with Gasteiger partial charge in [-0.1, -0.05) is 15.9 Å². The first-order valence-corrected chi connectivity index (χ1v) is 6.93. The van der Waals surface area contributed by atoms with Crippen molar-refractivity contribution in [1.82, 2.24) is 4.98 Å². The van der Waals surface area contributed by atoms with Crippen LogP contribution < -0.4 is 0 Å². The highest BCUT2D eigenvalue weighted by atomic mass is 79.9. The molecule has 1 fully saturated rings. The Hall–Kier alpha value is -1.29. The number of carbonyl (C=O) groups excluding carboxylic acids is 1. The topological polar surface area (TPSA) is 42.1 Å². The lowest BCUT2D eigenvalue weighted by atomic mass is 10.1. The van der Waals surface area contributed by atoms with E-state index >= 15 is 0 Å². The summed E-state index contributed by atoms with van der Waals surface area (Å²) in [6, 6.07) is 6.16. The molecule has 1 saturated carbocycles. The predicted octanol–water partition coefficient (Wildman–Crippen LogP) is 3.60. The number of fused-ring (bicyclic) bond motifs is 1. The number of rotatable bonds is 3. The number of nitrogens with one attached hydrogen (secondary N) is 1. The molecule has 0 saturated heterocycles. The molecular formula is C14H14BrNO2. The Kier molecular flexibility index (Phi) is 2.90. The Morgan fingerprint density at radius 2 is 2.39 bits per heavy atom. The highest BCUT2D eigenvalue weighted by Crippen LogP contribution is 2.50. The molecule has 0 spiro atoms. The highest BCUT2D eigenvalue weighted by molar-refractivity contribution is 9.10. The third-order valence-corrected chi connectivity index (χ3v) is 3.95. The molecule has 1 aromatic heterocycles. The second kappa shape index (κ2) is 4.43. The molecule has 94 valence electrons. The summed E-state index contributed by atoms with van der Waals surface area (Å²) in [6.07, 6.45) is 2.92. The molecule has 3 rings (SSSR count). The minimum absolute atomic E-state index is 0.0444. The fraction of sp³-hybridized carbons (Fsp3) is 0.357. The number of H-pyrrole nitrogens is 1. The van der Waals surface area contributed by atoms with Crippen LogP contribution in [0.5, 0.6) is 0 Å². The Morgan fingerprint density at radius 3 is 3.17 bits per heavy atom. The molecule has 3 nitrogen and oxygen atoms in total. The lowest BCUT2D eigenvalue weighted by molar-refractivity contribution is -0.144. The van der Waals surface area contributed by atoms with E-state index in [9.17, 15) is 4.79 Å². The van der Waals surface area contributed by atoms with Crippen LogP contribution in [0.2, 0.25) is 0 Å². The fourth-order valence-corrected chi connectivity index (χ4v) is 2.83. The quantitative estimate of drug-likeness (QED) is 0.880. The van der Waals surface area contributed by atoms with Crippen LogP contribution in [0.15, 0.2) is 28.9 Å². The van der Waals surface area contributed by atoms with E-state index in [4.69, 9.17) is 4.74 Å². The standard InChI is InChI=1S/C14H14BrNO2/c1-2-18-14(17)11-6-9(11)12-7-16-13-4-3-8(15)5-10(12)13/h3-5,7,9,11,16H,2,6H2,1H3/t9-,11-/m1/s1. The second-order valence-corrected chi connectivity index (χ2v) is 5.55. The number of halogens is 1. The van der Waals surface area contributed by atoms with Gasteiger partial charge in [-0.2, -0.15) is 0 Å². The van der Waals surface area contributed by atoms with Crippen molar-refractivity contribution >= 4 is 32.8 Å². The largest absolute Gasteiger partial charge is 0.466 e. The summed E-state index contributed by atoms with van der Waals surface area (Å²) in [4.78, 5) is 14.9. The smallest absolute Gasteiger partial charge is 0.309 e. The molecule has 1 aromatic carbocycles. The van der Waals surface area contributed by atoms with Crippen LogP contribution >= 0.6 is 15.9 Å². The van der Waals surface area contributed by atoms with E-state index in [1.165, 1.54) is 10.9 Å². The summed E-state index contributed by atoms with van der Waals surface area (Å²) in [5.41, 5.74) is 2.34. The number of aromatic nitrogens is 1. The normalized spacial score (nSPS) is 22.1. The average Bonchev–Trinajstić information content (AvgIpc) is 3.04. The number of hydrogen-bond acceptors (Lipinski definition) is 2. The molecule has 1 heterocycles. The third-order valence-electron chi connectivity index (χ3n) is 3.46. The maximum Gasteiger partial charge on any atom is 0.309 e. The summed E-state index contributed by atoms with van der Waals surface area (Å²) in [5.74, 6) is 0.293. The molecule has 0 aliphatic heterocycles. The zero-order valence-corrected chi connectivity index (χ0v) is 11.7. The van der Waals surface area contributed by atoms with Gasteiger partial charge >= 0.3 is 5.97 Å². The van der Waals surface area contributed by atoms with Crippen molar-refractivity contribution < 1.29 is 9.53 Å². The number of carbonyl (C=O) groups is 1. The molecule has 1 N–H and O–H groups in total. The fourth-order valence-electron chi connectivity index (χ4n) is 2.47. The van der Waals surface area contributed by atoms with Crippen LogP contribution in [-0.2, 0) is 9.53 Å². The Labute approximate surface area is 114 Å². The van der Waals surface area contributed by atoms with Crippen LogP contribution in [0.25, 0.3) is 10.9 Å². The zero-order chi connectivity index (χ0) is 12.7. The average molecular weight is 308 g/mol. The summed E-state index contributed by atoms with van der Waals surface area (Å²) in [7, 11) is 0. The van der Waals surface area contributed by atoms with E-state index in [2.05, 4.69) is 27.0 Å². The van der Waals surface area contributed by atoms with E-state index in [1.54, 1.807) is 0 Å². The van der Waals surface area contributed by atoms with Crippen molar-refractivity contribution in [2.24, 2.45) is 5.92 Å². The maximum absolute atomic E-state index is 11.7. The van der Waals surface area contributed by atoms with Gasteiger partial charge in [-0.05, 0) is 37.1 Å². The van der Waals surface area contributed by atoms with E-state index in [0.717, 1.165) is 16.4 Å². The zero-order valence-electron chi connectivity index (χ0n) is 10.1. The number of esters is 1. The molecule has 1 aliphatic rings. The van der Waals surface area contributed by atoms with Gasteiger partial charge in [0.2, 0.25) is 0 Å². The van der Waals surface area contributed by atoms with Crippen molar-refractivity contribution in [2.75, 3.05) is 6.61 Å². The van der Waals surface area contributed by atoms with Crippen molar-refractivity contribution in [3.8, 4) is 0 Å². The van der Waals surface area contributed by atoms with Gasteiger partial charge < -0.3 is 9.72 Å². The van der Waals surface area contributed by atoms with Crippen LogP contribution in [0.1, 0.15) is 24.8 Å². The summed E-state index contributed by atoms with van der Waals surface area (Å²) >= 11 is 3.48. The van der Waals surface area contributed by atoms with E-state index in [-0.39, 0.29) is 11.9 Å². The second-order valence-electron chi connectivity index (χ2n) is 4.63. The molecule has 1 aliphatic carbocycles. The molecule has 0 radical (unpaired) electrons. The lowest BCUT2D eigenvalue weighted by Gasteiger charge is -2.00. The van der Waals surface area contributed by atoms with Gasteiger partial charge in [0.1, 0.15) is 0 Å². The molecule has 0 amide bonds. The number of benzene rings is 1.